The van der Waals surface area contributed by atoms with Gasteiger partial charge in [0.25, 0.3) is 0 Å². The molecule has 13 nitrogen and oxygen atoms in total. The van der Waals surface area contributed by atoms with E-state index >= 15 is 4.79 Å². The molecule has 3 N–H and O–H groups in total. The molecule has 1 heterocycles. The fourth-order valence-electron chi connectivity index (χ4n) is 10.2. The predicted molar refractivity (Wildman–Crippen MR) is 215 cm³/mol. The minimum Gasteiger partial charge on any atom is -0.456 e. The SMILES string of the molecule is CC(=O)O[C@@]12CO[C@@H]1C[C@H](O)[C@@]1(C)C(=O)[C@H](O)C3=C(C)[C@@H](OC(=O)[C@@H](OCOCc4ccccc4)C(C)c4ccccc4)C[C@@](O)([C@@H](OC(=O)c4ccccc4)C12)C3(C)C. The van der Waals surface area contributed by atoms with Gasteiger partial charge in [0.15, 0.2) is 17.5 Å². The molecule has 0 aromatic heterocycles. The van der Waals surface area contributed by atoms with Crippen LogP contribution in [0.15, 0.2) is 102 Å². The van der Waals surface area contributed by atoms with E-state index < -0.39 is 101 Å². The first-order chi connectivity index (χ1) is 28.5. The molecule has 13 heteroatoms. The smallest absolute Gasteiger partial charge is 0.338 e. The molecule has 2 bridgehead atoms. The molecule has 2 unspecified atom stereocenters. The quantitative estimate of drug-likeness (QED) is 0.0730. The van der Waals surface area contributed by atoms with Gasteiger partial charge in [0.05, 0.1) is 36.2 Å². The van der Waals surface area contributed by atoms with Crippen LogP contribution < -0.4 is 0 Å². The molecule has 0 radical (unpaired) electrons. The molecule has 320 valence electrons. The fourth-order valence-corrected chi connectivity index (χ4v) is 10.2. The average molecular weight is 827 g/mol. The van der Waals surface area contributed by atoms with Gasteiger partial charge in [-0.25, -0.2) is 9.59 Å². The first-order valence-corrected chi connectivity index (χ1v) is 20.4. The van der Waals surface area contributed by atoms with Crippen molar-refractivity contribution in [2.45, 2.75) is 115 Å². The molecule has 11 atom stereocenters. The molecule has 0 amide bonds. The van der Waals surface area contributed by atoms with Gasteiger partial charge in [0.1, 0.15) is 36.8 Å². The van der Waals surface area contributed by atoms with Gasteiger partial charge in [0.2, 0.25) is 0 Å². The van der Waals surface area contributed by atoms with Crippen molar-refractivity contribution in [3.05, 3.63) is 119 Å². The lowest BCUT2D eigenvalue weighted by molar-refractivity contribution is -0.346. The van der Waals surface area contributed by atoms with E-state index in [-0.39, 0.29) is 37.6 Å². The van der Waals surface area contributed by atoms with Crippen molar-refractivity contribution in [2.24, 2.45) is 16.7 Å². The zero-order valence-corrected chi connectivity index (χ0v) is 34.7. The summed E-state index contributed by atoms with van der Waals surface area (Å²) in [4.78, 5) is 56.7. The number of carbonyl (C=O) groups is 4. The summed E-state index contributed by atoms with van der Waals surface area (Å²) in [5.41, 5.74) is -5.29. The van der Waals surface area contributed by atoms with E-state index in [4.69, 9.17) is 28.4 Å². The van der Waals surface area contributed by atoms with Crippen molar-refractivity contribution in [3.63, 3.8) is 0 Å². The Morgan fingerprint density at radius 2 is 1.52 bits per heavy atom. The molecule has 4 aliphatic rings. The Labute approximate surface area is 349 Å². The lowest BCUT2D eigenvalue weighted by atomic mass is 9.44. The van der Waals surface area contributed by atoms with Crippen molar-refractivity contribution in [1.29, 1.82) is 0 Å². The van der Waals surface area contributed by atoms with Crippen molar-refractivity contribution < 1.29 is 62.9 Å². The first kappa shape index (κ1) is 43.3. The van der Waals surface area contributed by atoms with Crippen LogP contribution in [0.5, 0.6) is 0 Å². The number of ketones is 1. The van der Waals surface area contributed by atoms with Crippen molar-refractivity contribution >= 4 is 23.7 Å². The van der Waals surface area contributed by atoms with E-state index in [9.17, 15) is 29.7 Å². The summed E-state index contributed by atoms with van der Waals surface area (Å²) >= 11 is 0. The predicted octanol–water partition coefficient (Wildman–Crippen LogP) is 5.00. The molecule has 60 heavy (non-hydrogen) atoms. The number of aliphatic hydroxyl groups is 3. The Kier molecular flexibility index (Phi) is 12.0. The zero-order chi connectivity index (χ0) is 43.2. The Morgan fingerprint density at radius 1 is 0.900 bits per heavy atom. The van der Waals surface area contributed by atoms with Gasteiger partial charge in [-0.05, 0) is 48.3 Å². The van der Waals surface area contributed by atoms with Crippen LogP contribution in [0.4, 0.5) is 0 Å². The minimum absolute atomic E-state index is 0.0416. The standard InChI is InChI=1S/C47H54O13/c1-27(31-18-12-8-13-19-31)38(57-26-55-24-30-16-10-7-11-17-30)43(53)58-33-23-47(54)41(59-42(52)32-20-14-9-15-21-32)39-45(6,40(51)37(50)36(28(33)2)44(47,4)5)34(49)22-35-46(39,25-56-35)60-29(3)48/h7-21,27,33-35,37-39,41,49-50,54H,22-26H2,1-6H3/t27?,33-,34-,35+,37+,38-,39?,41-,45+,46-,47+/m0/s1. The summed E-state index contributed by atoms with van der Waals surface area (Å²) in [5.74, 6) is -5.24. The summed E-state index contributed by atoms with van der Waals surface area (Å²) in [6.07, 6.45) is -9.13. The van der Waals surface area contributed by atoms with Gasteiger partial charge in [-0.15, -0.1) is 0 Å². The molecular formula is C47H54O13. The highest BCUT2D eigenvalue weighted by Crippen LogP contribution is 2.64. The summed E-state index contributed by atoms with van der Waals surface area (Å²) in [5, 5.41) is 37.8. The summed E-state index contributed by atoms with van der Waals surface area (Å²) in [6, 6.07) is 26.8. The molecule has 0 spiro atoms. The average Bonchev–Trinajstić information content (AvgIpc) is 3.22. The van der Waals surface area contributed by atoms with Gasteiger partial charge < -0.3 is 43.7 Å². The highest BCUT2D eigenvalue weighted by Gasteiger charge is 2.78. The van der Waals surface area contributed by atoms with Gasteiger partial charge in [-0.1, -0.05) is 99.6 Å². The second-order valence-electron chi connectivity index (χ2n) is 17.3. The van der Waals surface area contributed by atoms with Crippen LogP contribution in [0.1, 0.15) is 81.8 Å². The number of rotatable bonds is 12. The Morgan fingerprint density at radius 3 is 2.12 bits per heavy atom. The lowest BCUT2D eigenvalue weighted by Crippen LogP contribution is -2.81. The zero-order valence-electron chi connectivity index (χ0n) is 34.7. The van der Waals surface area contributed by atoms with E-state index in [0.29, 0.717) is 5.57 Å². The van der Waals surface area contributed by atoms with Crippen LogP contribution in [0.25, 0.3) is 0 Å². The van der Waals surface area contributed by atoms with Gasteiger partial charge in [0, 0.05) is 31.1 Å². The molecule has 3 aliphatic carbocycles. The third-order valence-electron chi connectivity index (χ3n) is 13.6. The Bertz CT molecular complexity index is 2100. The van der Waals surface area contributed by atoms with Crippen LogP contribution in [0, 0.1) is 16.7 Å². The third-order valence-corrected chi connectivity index (χ3v) is 13.6. The van der Waals surface area contributed by atoms with Gasteiger partial charge >= 0.3 is 17.9 Å². The van der Waals surface area contributed by atoms with E-state index in [1.54, 1.807) is 39.0 Å². The number of ether oxygens (including phenoxy) is 6. The summed E-state index contributed by atoms with van der Waals surface area (Å²) < 4.78 is 36.6. The number of hydrogen-bond donors (Lipinski definition) is 3. The number of hydrogen-bond acceptors (Lipinski definition) is 13. The number of benzene rings is 3. The van der Waals surface area contributed by atoms with Gasteiger partial charge in [-0.2, -0.15) is 0 Å². The maximum Gasteiger partial charge on any atom is 0.338 e. The summed E-state index contributed by atoms with van der Waals surface area (Å²) in [7, 11) is 0. The molecule has 1 aliphatic heterocycles. The summed E-state index contributed by atoms with van der Waals surface area (Å²) in [6.45, 7) is 9.01. The maximum absolute atomic E-state index is 15.1. The van der Waals surface area contributed by atoms with Crippen molar-refractivity contribution in [1.82, 2.24) is 0 Å². The molecule has 1 saturated heterocycles. The topological polar surface area (TPSA) is 184 Å². The minimum atomic E-state index is -2.25. The van der Waals surface area contributed by atoms with Crippen LogP contribution in [0.2, 0.25) is 0 Å². The third kappa shape index (κ3) is 7.28. The van der Waals surface area contributed by atoms with Crippen LogP contribution >= 0.6 is 0 Å². The highest BCUT2D eigenvalue weighted by atomic mass is 16.7. The maximum atomic E-state index is 15.1. The molecular weight excluding hydrogens is 773 g/mol. The largest absolute Gasteiger partial charge is 0.456 e. The molecule has 2 saturated carbocycles. The Hall–Kier alpha value is -4.76. The normalized spacial score (nSPS) is 32.8. The highest BCUT2D eigenvalue weighted by molar-refractivity contribution is 5.94. The second kappa shape index (κ2) is 16.6. The number of fused-ring (bicyclic) bond motifs is 5. The number of aliphatic hydroxyl groups excluding tert-OH is 2. The van der Waals surface area contributed by atoms with E-state index in [0.717, 1.165) is 11.1 Å². The van der Waals surface area contributed by atoms with E-state index in [1.165, 1.54) is 26.0 Å². The Balaban J connectivity index is 1.32. The van der Waals surface area contributed by atoms with Crippen LogP contribution in [-0.2, 0) is 49.4 Å². The van der Waals surface area contributed by atoms with Gasteiger partial charge in [-0.3, -0.25) is 9.59 Å². The number of carbonyl (C=O) groups excluding carboxylic acids is 4. The first-order valence-electron chi connectivity index (χ1n) is 20.4. The molecule has 3 aromatic carbocycles. The lowest BCUT2D eigenvalue weighted by Gasteiger charge is -2.67. The molecule has 3 aromatic rings. The number of esters is 3. The molecule has 3 fully saturated rings. The van der Waals surface area contributed by atoms with Crippen LogP contribution in [-0.4, -0.2) is 100 Å². The second-order valence-corrected chi connectivity index (χ2v) is 17.3. The monoisotopic (exact) mass is 826 g/mol. The number of Topliss-reactive ketones (excluding diaryl/α,β-unsaturated/α-hetero) is 1. The fraction of sp³-hybridized carbons (Fsp3) is 0.489. The van der Waals surface area contributed by atoms with Crippen molar-refractivity contribution in [2.75, 3.05) is 13.4 Å². The molecule has 7 rings (SSSR count). The van der Waals surface area contributed by atoms with E-state index in [2.05, 4.69) is 0 Å². The van der Waals surface area contributed by atoms with Crippen molar-refractivity contribution in [3.8, 4) is 0 Å². The van der Waals surface area contributed by atoms with Crippen LogP contribution in [0.3, 0.4) is 0 Å². The van der Waals surface area contributed by atoms with E-state index in [1.807, 2.05) is 67.6 Å².